The molecule has 0 fully saturated rings. The smallest absolute Gasteiger partial charge is 0.334 e. The highest BCUT2D eigenvalue weighted by atomic mass is 19.1. The van der Waals surface area contributed by atoms with Crippen molar-refractivity contribution < 1.29 is 9.31 Å². The summed E-state index contributed by atoms with van der Waals surface area (Å²) in [6.07, 6.45) is 0. The second-order valence-electron chi connectivity index (χ2n) is 4.82. The average Bonchev–Trinajstić information content (AvgIpc) is 2.70. The van der Waals surface area contributed by atoms with E-state index in [4.69, 9.17) is 5.73 Å². The third kappa shape index (κ3) is 2.61. The first-order valence-corrected chi connectivity index (χ1v) is 6.15. The van der Waals surface area contributed by atoms with Crippen molar-refractivity contribution in [2.24, 2.45) is 0 Å². The van der Waals surface area contributed by atoms with Gasteiger partial charge in [0.1, 0.15) is 11.5 Å². The number of nitrogens with zero attached hydrogens (tertiary/aromatic N) is 3. The van der Waals surface area contributed by atoms with Crippen LogP contribution in [0.5, 0.6) is 0 Å². The molecule has 106 valence electrons. The fourth-order valence-electron chi connectivity index (χ4n) is 1.94. The van der Waals surface area contributed by atoms with Gasteiger partial charge in [-0.2, -0.15) is 5.10 Å². The van der Waals surface area contributed by atoms with Crippen molar-refractivity contribution in [1.29, 1.82) is 0 Å². The van der Waals surface area contributed by atoms with Gasteiger partial charge in [0.05, 0.1) is 11.5 Å². The SMILES string of the molecule is CC(C)c1nn(Cc2ccc(F)cc2)c(N)c1[N+](=O)[O-]. The van der Waals surface area contributed by atoms with E-state index in [0.29, 0.717) is 5.69 Å². The van der Waals surface area contributed by atoms with E-state index in [-0.39, 0.29) is 29.8 Å². The molecule has 0 radical (unpaired) electrons. The lowest BCUT2D eigenvalue weighted by Gasteiger charge is -2.03. The van der Waals surface area contributed by atoms with E-state index in [9.17, 15) is 14.5 Å². The summed E-state index contributed by atoms with van der Waals surface area (Å²) >= 11 is 0. The fraction of sp³-hybridized carbons (Fsp3) is 0.308. The van der Waals surface area contributed by atoms with Crippen LogP contribution in [0.4, 0.5) is 15.9 Å². The zero-order chi connectivity index (χ0) is 14.9. The Hall–Kier alpha value is -2.44. The Labute approximate surface area is 115 Å². The van der Waals surface area contributed by atoms with E-state index >= 15 is 0 Å². The molecular formula is C13H15FN4O2. The van der Waals surface area contributed by atoms with Crippen LogP contribution in [0.1, 0.15) is 31.0 Å². The van der Waals surface area contributed by atoms with Crippen LogP contribution in [-0.2, 0) is 6.54 Å². The molecule has 0 spiro atoms. The monoisotopic (exact) mass is 278 g/mol. The van der Waals surface area contributed by atoms with Gasteiger partial charge >= 0.3 is 5.69 Å². The van der Waals surface area contributed by atoms with Gasteiger partial charge in [-0.1, -0.05) is 26.0 Å². The third-order valence-corrected chi connectivity index (χ3v) is 2.97. The molecule has 0 saturated heterocycles. The maximum Gasteiger partial charge on any atom is 0.334 e. The Kier molecular flexibility index (Phi) is 3.69. The summed E-state index contributed by atoms with van der Waals surface area (Å²) in [5.74, 6) is -0.425. The van der Waals surface area contributed by atoms with Crippen LogP contribution in [-0.4, -0.2) is 14.7 Å². The summed E-state index contributed by atoms with van der Waals surface area (Å²) in [6, 6.07) is 5.84. The van der Waals surface area contributed by atoms with E-state index in [1.165, 1.54) is 16.8 Å². The molecule has 0 aliphatic carbocycles. The quantitative estimate of drug-likeness (QED) is 0.688. The summed E-state index contributed by atoms with van der Waals surface area (Å²) in [6.45, 7) is 3.90. The van der Waals surface area contributed by atoms with Crippen LogP contribution in [0, 0.1) is 15.9 Å². The number of anilines is 1. The molecular weight excluding hydrogens is 263 g/mol. The van der Waals surface area contributed by atoms with Crippen molar-refractivity contribution in [2.75, 3.05) is 5.73 Å². The van der Waals surface area contributed by atoms with E-state index in [1.807, 2.05) is 13.8 Å². The van der Waals surface area contributed by atoms with E-state index in [1.54, 1.807) is 12.1 Å². The average molecular weight is 278 g/mol. The van der Waals surface area contributed by atoms with Gasteiger partial charge in [0.2, 0.25) is 5.82 Å². The number of hydrogen-bond donors (Lipinski definition) is 1. The van der Waals surface area contributed by atoms with Gasteiger partial charge in [-0.15, -0.1) is 0 Å². The van der Waals surface area contributed by atoms with Crippen molar-refractivity contribution in [3.8, 4) is 0 Å². The van der Waals surface area contributed by atoms with E-state index < -0.39 is 4.92 Å². The van der Waals surface area contributed by atoms with Crippen LogP contribution >= 0.6 is 0 Å². The molecule has 0 aliphatic heterocycles. The second kappa shape index (κ2) is 5.28. The summed E-state index contributed by atoms with van der Waals surface area (Å²) in [4.78, 5) is 10.6. The lowest BCUT2D eigenvalue weighted by Crippen LogP contribution is -2.06. The summed E-state index contributed by atoms with van der Waals surface area (Å²) < 4.78 is 14.2. The van der Waals surface area contributed by atoms with Crippen LogP contribution in [0.3, 0.4) is 0 Å². The Morgan fingerprint density at radius 3 is 2.45 bits per heavy atom. The largest absolute Gasteiger partial charge is 0.378 e. The zero-order valence-corrected chi connectivity index (χ0v) is 11.2. The molecule has 2 aromatic rings. The standard InChI is InChI=1S/C13H15FN4O2/c1-8(2)11-12(18(19)20)13(15)17(16-11)7-9-3-5-10(14)6-4-9/h3-6,8H,7,15H2,1-2H3. The van der Waals surface area contributed by atoms with Crippen LogP contribution in [0.2, 0.25) is 0 Å². The highest BCUT2D eigenvalue weighted by molar-refractivity contribution is 5.57. The third-order valence-electron chi connectivity index (χ3n) is 2.97. The van der Waals surface area contributed by atoms with Crippen LogP contribution in [0.15, 0.2) is 24.3 Å². The predicted molar refractivity (Wildman–Crippen MR) is 72.9 cm³/mol. The molecule has 1 aromatic carbocycles. The highest BCUT2D eigenvalue weighted by Gasteiger charge is 2.27. The number of nitrogens with two attached hydrogens (primary N) is 1. The zero-order valence-electron chi connectivity index (χ0n) is 11.2. The fourth-order valence-corrected chi connectivity index (χ4v) is 1.94. The number of halogens is 1. The van der Waals surface area contributed by atoms with Gasteiger partial charge in [-0.3, -0.25) is 10.1 Å². The highest BCUT2D eigenvalue weighted by Crippen LogP contribution is 2.31. The lowest BCUT2D eigenvalue weighted by molar-refractivity contribution is -0.384. The molecule has 2 rings (SSSR count). The minimum Gasteiger partial charge on any atom is -0.378 e. The van der Waals surface area contributed by atoms with E-state index in [0.717, 1.165) is 5.56 Å². The van der Waals surface area contributed by atoms with Crippen LogP contribution in [0.25, 0.3) is 0 Å². The van der Waals surface area contributed by atoms with Crippen molar-refractivity contribution in [3.05, 3.63) is 51.5 Å². The number of benzene rings is 1. The molecule has 0 saturated carbocycles. The normalized spacial score (nSPS) is 11.0. The number of nitro groups is 1. The number of rotatable bonds is 4. The number of hydrogen-bond acceptors (Lipinski definition) is 4. The summed E-state index contributed by atoms with van der Waals surface area (Å²) in [5, 5.41) is 15.3. The van der Waals surface area contributed by atoms with Gasteiger partial charge < -0.3 is 5.73 Å². The molecule has 1 aromatic heterocycles. The number of nitrogen functional groups attached to an aromatic ring is 1. The summed E-state index contributed by atoms with van der Waals surface area (Å²) in [5.41, 5.74) is 6.78. The summed E-state index contributed by atoms with van der Waals surface area (Å²) in [7, 11) is 0. The Balaban J connectivity index is 2.40. The molecule has 0 bridgehead atoms. The minimum atomic E-state index is -0.515. The van der Waals surface area contributed by atoms with Gasteiger partial charge in [-0.25, -0.2) is 9.07 Å². The maximum absolute atomic E-state index is 12.8. The second-order valence-corrected chi connectivity index (χ2v) is 4.82. The van der Waals surface area contributed by atoms with Gasteiger partial charge in [0, 0.05) is 5.92 Å². The molecule has 0 atom stereocenters. The first kappa shape index (κ1) is 14.0. The number of aromatic nitrogens is 2. The van der Waals surface area contributed by atoms with Gasteiger partial charge in [-0.05, 0) is 17.7 Å². The molecule has 0 aliphatic rings. The topological polar surface area (TPSA) is 87.0 Å². The van der Waals surface area contributed by atoms with Crippen LogP contribution < -0.4 is 5.73 Å². The molecule has 2 N–H and O–H groups in total. The van der Waals surface area contributed by atoms with Crippen molar-refractivity contribution in [2.45, 2.75) is 26.3 Å². The first-order chi connectivity index (χ1) is 9.40. The maximum atomic E-state index is 12.8. The molecule has 20 heavy (non-hydrogen) atoms. The molecule has 7 heteroatoms. The Morgan fingerprint density at radius 1 is 1.40 bits per heavy atom. The Morgan fingerprint density at radius 2 is 2.00 bits per heavy atom. The van der Waals surface area contributed by atoms with Crippen molar-refractivity contribution in [3.63, 3.8) is 0 Å². The molecule has 0 amide bonds. The Bertz CT molecular complexity index is 635. The van der Waals surface area contributed by atoms with Crippen molar-refractivity contribution in [1.82, 2.24) is 9.78 Å². The molecule has 0 unspecified atom stereocenters. The minimum absolute atomic E-state index is 0.0167. The first-order valence-electron chi connectivity index (χ1n) is 6.15. The van der Waals surface area contributed by atoms with E-state index in [2.05, 4.69) is 5.10 Å². The van der Waals surface area contributed by atoms with Gasteiger partial charge in [0.15, 0.2) is 0 Å². The molecule has 6 nitrogen and oxygen atoms in total. The van der Waals surface area contributed by atoms with Gasteiger partial charge in [0.25, 0.3) is 0 Å². The molecule has 1 heterocycles. The lowest BCUT2D eigenvalue weighted by atomic mass is 10.1. The predicted octanol–water partition coefficient (Wildman–Crippen LogP) is 2.68. The van der Waals surface area contributed by atoms with Crippen molar-refractivity contribution >= 4 is 11.5 Å².